The zero-order chi connectivity index (χ0) is 34.8. The molecule has 5 heteroatoms. The third-order valence-electron chi connectivity index (χ3n) is 10.2. The van der Waals surface area contributed by atoms with Gasteiger partial charge in [-0.25, -0.2) is 0 Å². The van der Waals surface area contributed by atoms with Crippen LogP contribution in [0.15, 0.2) is 97.1 Å². The van der Waals surface area contributed by atoms with Gasteiger partial charge in [0.25, 0.3) is 0 Å². The summed E-state index contributed by atoms with van der Waals surface area (Å²) in [4.78, 5) is 7.66. The van der Waals surface area contributed by atoms with E-state index in [0.29, 0.717) is 0 Å². The molecule has 2 N–H and O–H groups in total. The van der Waals surface area contributed by atoms with Gasteiger partial charge in [0.15, 0.2) is 0 Å². The van der Waals surface area contributed by atoms with Gasteiger partial charge in [-0.15, -0.1) is 0 Å². The Kier molecular flexibility index (Phi) is 15.4. The van der Waals surface area contributed by atoms with Gasteiger partial charge in [0.1, 0.15) is 0 Å². The van der Waals surface area contributed by atoms with E-state index in [4.69, 9.17) is 0 Å². The van der Waals surface area contributed by atoms with Crippen molar-refractivity contribution in [1.82, 2.24) is 4.90 Å². The van der Waals surface area contributed by atoms with E-state index in [1.54, 1.807) is 0 Å². The van der Waals surface area contributed by atoms with Crippen LogP contribution in [-0.2, 0) is 0 Å². The summed E-state index contributed by atoms with van der Waals surface area (Å²) < 4.78 is 0. The van der Waals surface area contributed by atoms with E-state index in [1.165, 1.54) is 112 Å². The van der Waals surface area contributed by atoms with Gasteiger partial charge in [0, 0.05) is 40.7 Å². The molecule has 0 radical (unpaired) electrons. The molecular formula is C45H63N5. The third-order valence-corrected chi connectivity index (χ3v) is 10.2. The number of rotatable bonds is 21. The van der Waals surface area contributed by atoms with Gasteiger partial charge in [-0.1, -0.05) is 127 Å². The molecule has 0 bridgehead atoms. The molecule has 0 saturated carbocycles. The Morgan fingerprint density at radius 2 is 0.820 bits per heavy atom. The standard InChI is InChI=1S/C45H63N5/c1-4-5-6-7-8-9-10-11-12-13-14-15-16-21-34-48-35-49(42-30-26-40(27-31-42)46-44-24-19-17-22-38(44)2)37-50(36-48)43-32-28-41(29-33-43)47-45-25-20-18-23-39(45)3/h17-20,22-33,46-47H,4-16,21,34-37H2,1-3H3. The average molecular weight is 674 g/mol. The quantitative estimate of drug-likeness (QED) is 0.0861. The maximum atomic E-state index is 3.60. The van der Waals surface area contributed by atoms with E-state index in [2.05, 4.69) is 143 Å². The lowest BCUT2D eigenvalue weighted by molar-refractivity contribution is 0.236. The molecule has 4 aromatic rings. The zero-order valence-corrected chi connectivity index (χ0v) is 31.3. The normalized spacial score (nSPS) is 13.5. The van der Waals surface area contributed by atoms with Gasteiger partial charge in [-0.3, -0.25) is 4.90 Å². The first-order valence-corrected chi connectivity index (χ1v) is 19.7. The molecule has 1 aliphatic rings. The van der Waals surface area contributed by atoms with Crippen molar-refractivity contribution in [2.75, 3.05) is 47.0 Å². The lowest BCUT2D eigenvalue weighted by Gasteiger charge is -2.44. The number of unbranched alkanes of at least 4 members (excludes halogenated alkanes) is 13. The molecule has 0 spiro atoms. The molecular weight excluding hydrogens is 611 g/mol. The average Bonchev–Trinajstić information content (AvgIpc) is 3.14. The fourth-order valence-electron chi connectivity index (χ4n) is 7.07. The van der Waals surface area contributed by atoms with Crippen molar-refractivity contribution in [2.24, 2.45) is 0 Å². The number of benzene rings is 4. The molecule has 0 atom stereocenters. The molecule has 4 aromatic carbocycles. The molecule has 0 unspecified atom stereocenters. The van der Waals surface area contributed by atoms with Crippen LogP contribution in [0.4, 0.5) is 34.1 Å². The molecule has 1 saturated heterocycles. The first kappa shape index (κ1) is 37.3. The summed E-state index contributed by atoms with van der Waals surface area (Å²) in [7, 11) is 0. The monoisotopic (exact) mass is 674 g/mol. The van der Waals surface area contributed by atoms with E-state index in [9.17, 15) is 0 Å². The van der Waals surface area contributed by atoms with Crippen molar-refractivity contribution in [3.8, 4) is 0 Å². The summed E-state index contributed by atoms with van der Waals surface area (Å²) in [5.74, 6) is 0. The van der Waals surface area contributed by atoms with E-state index >= 15 is 0 Å². The molecule has 0 amide bonds. The van der Waals surface area contributed by atoms with Crippen LogP contribution in [0.5, 0.6) is 0 Å². The molecule has 1 heterocycles. The van der Waals surface area contributed by atoms with E-state index in [0.717, 1.165) is 49.3 Å². The van der Waals surface area contributed by atoms with Gasteiger partial charge in [0.2, 0.25) is 0 Å². The van der Waals surface area contributed by atoms with Crippen LogP contribution in [0.3, 0.4) is 0 Å². The lowest BCUT2D eigenvalue weighted by Crippen LogP contribution is -2.55. The van der Waals surface area contributed by atoms with Crippen molar-refractivity contribution in [2.45, 2.75) is 111 Å². The summed E-state index contributed by atoms with van der Waals surface area (Å²) in [5.41, 5.74) is 9.57. The van der Waals surface area contributed by atoms with Crippen LogP contribution in [0.1, 0.15) is 108 Å². The number of aryl methyl sites for hydroxylation is 2. The summed E-state index contributed by atoms with van der Waals surface area (Å²) in [5, 5.41) is 7.19. The van der Waals surface area contributed by atoms with Crippen LogP contribution in [0.25, 0.3) is 0 Å². The second kappa shape index (κ2) is 20.7. The van der Waals surface area contributed by atoms with Crippen molar-refractivity contribution >= 4 is 34.1 Å². The Bertz CT molecular complexity index is 1420. The lowest BCUT2D eigenvalue weighted by atomic mass is 10.0. The number of anilines is 6. The number of nitrogens with one attached hydrogen (secondary N) is 2. The highest BCUT2D eigenvalue weighted by molar-refractivity contribution is 5.67. The Balaban J connectivity index is 1.13. The van der Waals surface area contributed by atoms with Crippen LogP contribution in [0, 0.1) is 13.8 Å². The van der Waals surface area contributed by atoms with Crippen molar-refractivity contribution in [3.63, 3.8) is 0 Å². The minimum absolute atomic E-state index is 0.865. The molecule has 5 nitrogen and oxygen atoms in total. The fourth-order valence-corrected chi connectivity index (χ4v) is 7.07. The summed E-state index contributed by atoms with van der Waals surface area (Å²) in [6.45, 7) is 10.5. The minimum atomic E-state index is 0.865. The topological polar surface area (TPSA) is 33.8 Å². The predicted octanol–water partition coefficient (Wildman–Crippen LogP) is 12.8. The van der Waals surface area contributed by atoms with Crippen molar-refractivity contribution in [1.29, 1.82) is 0 Å². The van der Waals surface area contributed by atoms with Crippen molar-refractivity contribution < 1.29 is 0 Å². The van der Waals surface area contributed by atoms with Crippen LogP contribution >= 0.6 is 0 Å². The highest BCUT2D eigenvalue weighted by atomic mass is 15.5. The second-order valence-electron chi connectivity index (χ2n) is 14.5. The Labute approximate surface area is 304 Å². The van der Waals surface area contributed by atoms with Gasteiger partial charge in [0.05, 0.1) is 20.0 Å². The highest BCUT2D eigenvalue weighted by Crippen LogP contribution is 2.28. The number of nitrogens with zero attached hydrogens (tertiary/aromatic N) is 3. The summed E-state index contributed by atoms with van der Waals surface area (Å²) in [6.07, 6.45) is 19.6. The third kappa shape index (κ3) is 12.1. The zero-order valence-electron chi connectivity index (χ0n) is 31.3. The largest absolute Gasteiger partial charge is 0.355 e. The molecule has 50 heavy (non-hydrogen) atoms. The van der Waals surface area contributed by atoms with E-state index < -0.39 is 0 Å². The van der Waals surface area contributed by atoms with Gasteiger partial charge in [-0.2, -0.15) is 0 Å². The summed E-state index contributed by atoms with van der Waals surface area (Å²) in [6, 6.07) is 34.9. The van der Waals surface area contributed by atoms with Crippen LogP contribution in [0.2, 0.25) is 0 Å². The van der Waals surface area contributed by atoms with Gasteiger partial charge in [-0.05, 0) is 92.1 Å². The molecule has 5 rings (SSSR count). The maximum Gasteiger partial charge on any atom is 0.0928 e. The number of hydrogen-bond acceptors (Lipinski definition) is 5. The Morgan fingerprint density at radius 1 is 0.440 bits per heavy atom. The first-order chi connectivity index (χ1) is 24.6. The highest BCUT2D eigenvalue weighted by Gasteiger charge is 2.24. The SMILES string of the molecule is CCCCCCCCCCCCCCCCN1CN(c2ccc(Nc3ccccc3C)cc2)CN(c2ccc(Nc3ccccc3C)cc2)C1. The number of para-hydroxylation sites is 2. The summed E-state index contributed by atoms with van der Waals surface area (Å²) >= 11 is 0. The fraction of sp³-hybridized carbons (Fsp3) is 0.467. The molecule has 1 fully saturated rings. The smallest absolute Gasteiger partial charge is 0.0928 e. The first-order valence-electron chi connectivity index (χ1n) is 19.7. The molecule has 268 valence electrons. The predicted molar refractivity (Wildman–Crippen MR) is 218 cm³/mol. The van der Waals surface area contributed by atoms with E-state index in [1.807, 2.05) is 0 Å². The Hall–Kier alpha value is -3.96. The number of hydrogen-bond donors (Lipinski definition) is 2. The van der Waals surface area contributed by atoms with Crippen molar-refractivity contribution in [3.05, 3.63) is 108 Å². The Morgan fingerprint density at radius 3 is 1.22 bits per heavy atom. The second-order valence-corrected chi connectivity index (χ2v) is 14.5. The van der Waals surface area contributed by atoms with Gasteiger partial charge < -0.3 is 20.4 Å². The van der Waals surface area contributed by atoms with Crippen LogP contribution < -0.4 is 20.4 Å². The maximum absolute atomic E-state index is 3.60. The molecule has 1 aliphatic heterocycles. The minimum Gasteiger partial charge on any atom is -0.355 e. The van der Waals surface area contributed by atoms with Gasteiger partial charge >= 0.3 is 0 Å². The van der Waals surface area contributed by atoms with E-state index in [-0.39, 0.29) is 0 Å². The molecule has 0 aromatic heterocycles. The molecule has 0 aliphatic carbocycles. The van der Waals surface area contributed by atoms with Crippen LogP contribution in [-0.4, -0.2) is 31.5 Å².